The molecule has 2 aliphatic heterocycles. The Hall–Kier alpha value is -1.22. The molecule has 0 amide bonds. The zero-order valence-corrected chi connectivity index (χ0v) is 19.5. The lowest BCUT2D eigenvalue weighted by Gasteiger charge is -2.40. The molecular formula is C27H43N3. The number of anilines is 2. The third kappa shape index (κ3) is 4.82. The fourth-order valence-corrected chi connectivity index (χ4v) is 6.05. The molecule has 0 unspecified atom stereocenters. The van der Waals surface area contributed by atoms with Gasteiger partial charge in [-0.05, 0) is 98.8 Å². The maximum Gasteiger partial charge on any atom is 0.0404 e. The Bertz CT molecular complexity index is 699. The predicted molar refractivity (Wildman–Crippen MR) is 129 cm³/mol. The summed E-state index contributed by atoms with van der Waals surface area (Å²) in [6.45, 7) is 13.7. The van der Waals surface area contributed by atoms with Gasteiger partial charge in [-0.15, -0.1) is 0 Å². The number of piperazine rings is 1. The summed E-state index contributed by atoms with van der Waals surface area (Å²) in [6, 6.07) is 7.54. The Morgan fingerprint density at radius 3 is 2.17 bits per heavy atom. The second-order valence-electron chi connectivity index (χ2n) is 11.5. The van der Waals surface area contributed by atoms with Crippen molar-refractivity contribution in [1.82, 2.24) is 4.90 Å². The first-order chi connectivity index (χ1) is 14.6. The van der Waals surface area contributed by atoms with Gasteiger partial charge in [0.25, 0.3) is 0 Å². The molecule has 0 N–H and O–H groups in total. The van der Waals surface area contributed by atoms with E-state index in [4.69, 9.17) is 0 Å². The number of nitrogens with zero attached hydrogens (tertiary/aromatic N) is 3. The van der Waals surface area contributed by atoms with Gasteiger partial charge in [-0.3, -0.25) is 4.90 Å². The van der Waals surface area contributed by atoms with Crippen LogP contribution in [0.3, 0.4) is 0 Å². The van der Waals surface area contributed by atoms with Gasteiger partial charge in [0.05, 0.1) is 0 Å². The Morgan fingerprint density at radius 1 is 0.800 bits per heavy atom. The van der Waals surface area contributed by atoms with Gasteiger partial charge in [0.15, 0.2) is 0 Å². The highest BCUT2D eigenvalue weighted by atomic mass is 15.3. The van der Waals surface area contributed by atoms with E-state index in [1.165, 1.54) is 109 Å². The fourth-order valence-electron chi connectivity index (χ4n) is 6.05. The average molecular weight is 410 g/mol. The van der Waals surface area contributed by atoms with Crippen molar-refractivity contribution in [2.45, 2.75) is 77.6 Å². The summed E-state index contributed by atoms with van der Waals surface area (Å²) in [5.41, 5.74) is 5.26. The van der Waals surface area contributed by atoms with E-state index in [9.17, 15) is 0 Å². The van der Waals surface area contributed by atoms with Crippen molar-refractivity contribution < 1.29 is 0 Å². The number of hydrogen-bond donors (Lipinski definition) is 0. The SMILES string of the molecule is CC1(C)CCC(c2cc(N3CCCCC3)ccc2N2CCN(CC3CC3)CC2)CC1. The highest BCUT2D eigenvalue weighted by molar-refractivity contribution is 5.63. The van der Waals surface area contributed by atoms with Crippen LogP contribution < -0.4 is 9.80 Å². The molecule has 4 fully saturated rings. The molecule has 4 aliphatic rings. The van der Waals surface area contributed by atoms with Gasteiger partial charge in [-0.25, -0.2) is 0 Å². The minimum absolute atomic E-state index is 0.537. The molecule has 2 aliphatic carbocycles. The van der Waals surface area contributed by atoms with Crippen LogP contribution in [0.25, 0.3) is 0 Å². The summed E-state index contributed by atoms with van der Waals surface area (Å²) < 4.78 is 0. The minimum Gasteiger partial charge on any atom is -0.372 e. The summed E-state index contributed by atoms with van der Waals surface area (Å²) >= 11 is 0. The monoisotopic (exact) mass is 409 g/mol. The van der Waals surface area contributed by atoms with Crippen molar-refractivity contribution >= 4 is 11.4 Å². The van der Waals surface area contributed by atoms with Gasteiger partial charge in [-0.2, -0.15) is 0 Å². The van der Waals surface area contributed by atoms with E-state index in [1.807, 2.05) is 0 Å². The van der Waals surface area contributed by atoms with Crippen molar-refractivity contribution in [2.75, 3.05) is 55.6 Å². The van der Waals surface area contributed by atoms with E-state index in [0.29, 0.717) is 5.41 Å². The maximum atomic E-state index is 2.72. The second kappa shape index (κ2) is 8.73. The normalized spacial score (nSPS) is 26.2. The van der Waals surface area contributed by atoms with Crippen LogP contribution >= 0.6 is 0 Å². The van der Waals surface area contributed by atoms with Crippen molar-refractivity contribution in [3.8, 4) is 0 Å². The van der Waals surface area contributed by atoms with Gasteiger partial charge in [-0.1, -0.05) is 13.8 Å². The van der Waals surface area contributed by atoms with Crippen molar-refractivity contribution in [3.63, 3.8) is 0 Å². The summed E-state index contributed by atoms with van der Waals surface area (Å²) in [7, 11) is 0. The molecule has 2 saturated heterocycles. The lowest BCUT2D eigenvalue weighted by Crippen LogP contribution is -2.47. The third-order valence-corrected chi connectivity index (χ3v) is 8.44. The molecule has 166 valence electrons. The van der Waals surface area contributed by atoms with Gasteiger partial charge in [0.2, 0.25) is 0 Å². The molecule has 3 nitrogen and oxygen atoms in total. The predicted octanol–water partition coefficient (Wildman–Crippen LogP) is 5.89. The summed E-state index contributed by atoms with van der Waals surface area (Å²) in [5.74, 6) is 1.77. The first-order valence-corrected chi connectivity index (χ1v) is 12.9. The molecule has 0 aromatic heterocycles. The molecule has 0 bridgehead atoms. The highest BCUT2D eigenvalue weighted by Gasteiger charge is 2.31. The van der Waals surface area contributed by atoms with Crippen LogP contribution in [-0.2, 0) is 0 Å². The average Bonchev–Trinajstić information content (AvgIpc) is 3.59. The molecule has 3 heteroatoms. The van der Waals surface area contributed by atoms with Crippen molar-refractivity contribution in [3.05, 3.63) is 23.8 Å². The van der Waals surface area contributed by atoms with Gasteiger partial charge in [0, 0.05) is 57.2 Å². The molecule has 5 rings (SSSR count). The second-order valence-corrected chi connectivity index (χ2v) is 11.5. The molecule has 2 saturated carbocycles. The standard InChI is InChI=1S/C27H43N3/c1-27(2)12-10-23(11-13-27)25-20-24(29-14-4-3-5-15-29)8-9-26(25)30-18-16-28(17-19-30)21-22-6-7-22/h8-9,20,22-23H,3-7,10-19,21H2,1-2H3. The lowest BCUT2D eigenvalue weighted by molar-refractivity contribution is 0.224. The zero-order chi connectivity index (χ0) is 20.6. The lowest BCUT2D eigenvalue weighted by atomic mass is 9.71. The number of rotatable bonds is 5. The molecule has 1 aromatic carbocycles. The molecule has 0 radical (unpaired) electrons. The van der Waals surface area contributed by atoms with Gasteiger partial charge >= 0.3 is 0 Å². The van der Waals surface area contributed by atoms with Crippen LogP contribution in [0, 0.1) is 11.3 Å². The Balaban J connectivity index is 1.35. The molecule has 1 aromatic rings. The Kier molecular flexibility index (Phi) is 6.01. The number of piperidine rings is 1. The molecule has 0 spiro atoms. The first-order valence-electron chi connectivity index (χ1n) is 12.9. The van der Waals surface area contributed by atoms with Crippen LogP contribution in [0.1, 0.15) is 83.1 Å². The summed E-state index contributed by atoms with van der Waals surface area (Å²) in [6.07, 6.45) is 12.6. The molecule has 2 heterocycles. The van der Waals surface area contributed by atoms with Crippen LogP contribution in [0.5, 0.6) is 0 Å². The molecule has 30 heavy (non-hydrogen) atoms. The van der Waals surface area contributed by atoms with Gasteiger partial charge < -0.3 is 9.80 Å². The van der Waals surface area contributed by atoms with Crippen molar-refractivity contribution in [1.29, 1.82) is 0 Å². The quantitative estimate of drug-likeness (QED) is 0.600. The topological polar surface area (TPSA) is 9.72 Å². The summed E-state index contributed by atoms with van der Waals surface area (Å²) in [4.78, 5) is 8.09. The maximum absolute atomic E-state index is 2.72. The molecule has 0 atom stereocenters. The van der Waals surface area contributed by atoms with Crippen LogP contribution in [0.2, 0.25) is 0 Å². The zero-order valence-electron chi connectivity index (χ0n) is 19.5. The van der Waals surface area contributed by atoms with Gasteiger partial charge in [0.1, 0.15) is 0 Å². The minimum atomic E-state index is 0.537. The number of hydrogen-bond acceptors (Lipinski definition) is 3. The highest BCUT2D eigenvalue weighted by Crippen LogP contribution is 2.46. The van der Waals surface area contributed by atoms with E-state index in [0.717, 1.165) is 11.8 Å². The van der Waals surface area contributed by atoms with E-state index in [-0.39, 0.29) is 0 Å². The Labute approximate surface area is 184 Å². The fraction of sp³-hybridized carbons (Fsp3) is 0.778. The summed E-state index contributed by atoms with van der Waals surface area (Å²) in [5, 5.41) is 0. The van der Waals surface area contributed by atoms with Crippen LogP contribution in [0.15, 0.2) is 18.2 Å². The van der Waals surface area contributed by atoms with Crippen LogP contribution in [-0.4, -0.2) is 50.7 Å². The van der Waals surface area contributed by atoms with Crippen molar-refractivity contribution in [2.24, 2.45) is 11.3 Å². The van der Waals surface area contributed by atoms with E-state index in [2.05, 4.69) is 46.7 Å². The first kappa shape index (κ1) is 20.7. The van der Waals surface area contributed by atoms with E-state index < -0.39 is 0 Å². The van der Waals surface area contributed by atoms with E-state index >= 15 is 0 Å². The largest absolute Gasteiger partial charge is 0.372 e. The molecular weight excluding hydrogens is 366 g/mol. The Morgan fingerprint density at radius 2 is 1.50 bits per heavy atom. The smallest absolute Gasteiger partial charge is 0.0404 e. The number of benzene rings is 1. The van der Waals surface area contributed by atoms with Crippen LogP contribution in [0.4, 0.5) is 11.4 Å². The third-order valence-electron chi connectivity index (χ3n) is 8.44. The van der Waals surface area contributed by atoms with E-state index in [1.54, 1.807) is 11.3 Å².